The summed E-state index contributed by atoms with van der Waals surface area (Å²) in [5, 5.41) is 2.87. The van der Waals surface area contributed by atoms with E-state index in [9.17, 15) is 9.59 Å². The van der Waals surface area contributed by atoms with Crippen LogP contribution in [0.2, 0.25) is 0 Å². The van der Waals surface area contributed by atoms with Gasteiger partial charge in [-0.05, 0) is 12.8 Å². The first-order valence-corrected chi connectivity index (χ1v) is 14.6. The SMILES string of the molecule is CCCCCCCCCCCCCCCC(=O)NCCOC(=O)CCCCCCCCCC. The molecule has 0 aliphatic carbocycles. The van der Waals surface area contributed by atoms with Crippen LogP contribution < -0.4 is 5.32 Å². The summed E-state index contributed by atoms with van der Waals surface area (Å²) in [4.78, 5) is 23.6. The Kier molecular flexibility index (Phi) is 26.3. The molecule has 0 fully saturated rings. The monoisotopic (exact) mass is 467 g/mol. The summed E-state index contributed by atoms with van der Waals surface area (Å²) in [5.74, 6) is -0.0519. The molecule has 0 atom stereocenters. The van der Waals surface area contributed by atoms with Gasteiger partial charge in [-0.25, -0.2) is 0 Å². The number of amides is 1. The summed E-state index contributed by atoms with van der Waals surface area (Å²) in [6.07, 6.45) is 28.0. The molecule has 4 nitrogen and oxygen atoms in total. The molecule has 196 valence electrons. The highest BCUT2D eigenvalue weighted by molar-refractivity contribution is 5.75. The molecule has 0 aromatic carbocycles. The zero-order chi connectivity index (χ0) is 24.2. The van der Waals surface area contributed by atoms with Crippen LogP contribution in [0.15, 0.2) is 0 Å². The van der Waals surface area contributed by atoms with Crippen molar-refractivity contribution in [1.82, 2.24) is 5.32 Å². The standard InChI is InChI=1S/C29H57NO3/c1-3-5-7-9-11-13-14-15-16-17-18-20-22-24-28(31)30-26-27-33-29(32)25-23-21-19-12-10-8-6-4-2/h3-27H2,1-2H3,(H,30,31). The van der Waals surface area contributed by atoms with Gasteiger partial charge in [-0.1, -0.05) is 136 Å². The fourth-order valence-electron chi connectivity index (χ4n) is 4.22. The molecule has 0 bridgehead atoms. The number of carbonyl (C=O) groups is 2. The van der Waals surface area contributed by atoms with Crippen molar-refractivity contribution in [3.8, 4) is 0 Å². The molecule has 0 rings (SSSR count). The predicted molar refractivity (Wildman–Crippen MR) is 142 cm³/mol. The van der Waals surface area contributed by atoms with E-state index in [-0.39, 0.29) is 11.9 Å². The zero-order valence-corrected chi connectivity index (χ0v) is 22.4. The lowest BCUT2D eigenvalue weighted by atomic mass is 10.0. The van der Waals surface area contributed by atoms with Crippen molar-refractivity contribution in [2.75, 3.05) is 13.2 Å². The van der Waals surface area contributed by atoms with Crippen molar-refractivity contribution >= 4 is 11.9 Å². The largest absolute Gasteiger partial charge is 0.464 e. The van der Waals surface area contributed by atoms with Crippen LogP contribution in [0.4, 0.5) is 0 Å². The number of esters is 1. The average Bonchev–Trinajstić information content (AvgIpc) is 2.81. The lowest BCUT2D eigenvalue weighted by molar-refractivity contribution is -0.144. The molecule has 1 amide bonds. The van der Waals surface area contributed by atoms with Crippen LogP contribution in [0, 0.1) is 0 Å². The summed E-state index contributed by atoms with van der Waals surface area (Å²) < 4.78 is 5.22. The van der Waals surface area contributed by atoms with Crippen LogP contribution >= 0.6 is 0 Å². The number of rotatable bonds is 26. The summed E-state index contributed by atoms with van der Waals surface area (Å²) in [6, 6.07) is 0. The minimum atomic E-state index is -0.133. The van der Waals surface area contributed by atoms with Crippen LogP contribution in [0.5, 0.6) is 0 Å². The maximum Gasteiger partial charge on any atom is 0.305 e. The Morgan fingerprint density at radius 2 is 0.879 bits per heavy atom. The van der Waals surface area contributed by atoms with Crippen LogP contribution in [0.25, 0.3) is 0 Å². The van der Waals surface area contributed by atoms with Gasteiger partial charge < -0.3 is 10.1 Å². The molecule has 4 heteroatoms. The molecular weight excluding hydrogens is 410 g/mol. The molecule has 0 unspecified atom stereocenters. The lowest BCUT2D eigenvalue weighted by Gasteiger charge is -2.07. The van der Waals surface area contributed by atoms with Crippen molar-refractivity contribution < 1.29 is 14.3 Å². The molecule has 1 N–H and O–H groups in total. The van der Waals surface area contributed by atoms with E-state index in [1.807, 2.05) is 0 Å². The molecule has 0 aliphatic rings. The third kappa shape index (κ3) is 27.1. The molecule has 0 aromatic heterocycles. The van der Waals surface area contributed by atoms with E-state index in [1.165, 1.54) is 109 Å². The fraction of sp³-hybridized carbons (Fsp3) is 0.931. The van der Waals surface area contributed by atoms with E-state index in [1.54, 1.807) is 0 Å². The highest BCUT2D eigenvalue weighted by atomic mass is 16.5. The number of carbonyl (C=O) groups excluding carboxylic acids is 2. The smallest absolute Gasteiger partial charge is 0.305 e. The van der Waals surface area contributed by atoms with E-state index in [2.05, 4.69) is 19.2 Å². The van der Waals surface area contributed by atoms with E-state index >= 15 is 0 Å². The highest BCUT2D eigenvalue weighted by Gasteiger charge is 2.04. The van der Waals surface area contributed by atoms with Gasteiger partial charge in [-0.2, -0.15) is 0 Å². The first-order valence-electron chi connectivity index (χ1n) is 14.6. The molecule has 0 aliphatic heterocycles. The van der Waals surface area contributed by atoms with Crippen LogP contribution in [0.3, 0.4) is 0 Å². The molecule has 33 heavy (non-hydrogen) atoms. The van der Waals surface area contributed by atoms with E-state index < -0.39 is 0 Å². The number of hydrogen-bond donors (Lipinski definition) is 1. The van der Waals surface area contributed by atoms with Gasteiger partial charge in [0.15, 0.2) is 0 Å². The van der Waals surface area contributed by atoms with Gasteiger partial charge >= 0.3 is 5.97 Å². The molecule has 0 saturated carbocycles. The average molecular weight is 468 g/mol. The van der Waals surface area contributed by atoms with Crippen molar-refractivity contribution in [3.05, 3.63) is 0 Å². The van der Waals surface area contributed by atoms with Crippen molar-refractivity contribution in [2.45, 2.75) is 162 Å². The molecule has 0 radical (unpaired) electrons. The van der Waals surface area contributed by atoms with Crippen LogP contribution in [-0.4, -0.2) is 25.0 Å². The van der Waals surface area contributed by atoms with Gasteiger partial charge in [-0.3, -0.25) is 9.59 Å². The predicted octanol–water partition coefficient (Wildman–Crippen LogP) is 8.66. The van der Waals surface area contributed by atoms with Gasteiger partial charge in [-0.15, -0.1) is 0 Å². The van der Waals surface area contributed by atoms with Gasteiger partial charge in [0, 0.05) is 12.8 Å². The third-order valence-electron chi connectivity index (χ3n) is 6.43. The van der Waals surface area contributed by atoms with E-state index in [4.69, 9.17) is 4.74 Å². The summed E-state index contributed by atoms with van der Waals surface area (Å²) in [7, 11) is 0. The van der Waals surface area contributed by atoms with Gasteiger partial charge in [0.2, 0.25) is 5.91 Å². The molecule has 0 aromatic rings. The summed E-state index contributed by atoms with van der Waals surface area (Å²) >= 11 is 0. The number of ether oxygens (including phenoxy) is 1. The van der Waals surface area contributed by atoms with Gasteiger partial charge in [0.05, 0.1) is 6.54 Å². The second kappa shape index (κ2) is 27.2. The molecular formula is C29H57NO3. The Morgan fingerprint density at radius 1 is 0.515 bits per heavy atom. The highest BCUT2D eigenvalue weighted by Crippen LogP contribution is 2.13. The lowest BCUT2D eigenvalue weighted by Crippen LogP contribution is -2.27. The van der Waals surface area contributed by atoms with E-state index in [0.29, 0.717) is 26.0 Å². The second-order valence-corrected chi connectivity index (χ2v) is 9.79. The minimum absolute atomic E-state index is 0.0807. The van der Waals surface area contributed by atoms with Crippen molar-refractivity contribution in [1.29, 1.82) is 0 Å². The Morgan fingerprint density at radius 3 is 1.30 bits per heavy atom. The summed E-state index contributed by atoms with van der Waals surface area (Å²) in [5.41, 5.74) is 0. The Bertz CT molecular complexity index is 425. The number of unbranched alkanes of at least 4 members (excludes halogenated alkanes) is 19. The van der Waals surface area contributed by atoms with Crippen LogP contribution in [0.1, 0.15) is 162 Å². The van der Waals surface area contributed by atoms with Gasteiger partial charge in [0.25, 0.3) is 0 Å². The quantitative estimate of drug-likeness (QED) is 0.102. The van der Waals surface area contributed by atoms with Crippen molar-refractivity contribution in [2.24, 2.45) is 0 Å². The van der Waals surface area contributed by atoms with Crippen molar-refractivity contribution in [3.63, 3.8) is 0 Å². The van der Waals surface area contributed by atoms with Crippen LogP contribution in [-0.2, 0) is 14.3 Å². The topological polar surface area (TPSA) is 55.4 Å². The third-order valence-corrected chi connectivity index (χ3v) is 6.43. The summed E-state index contributed by atoms with van der Waals surface area (Å²) in [6.45, 7) is 5.23. The normalized spacial score (nSPS) is 11.0. The Hall–Kier alpha value is -1.06. The fourth-order valence-corrected chi connectivity index (χ4v) is 4.22. The number of nitrogens with one attached hydrogen (secondary N) is 1. The number of hydrogen-bond acceptors (Lipinski definition) is 3. The van der Waals surface area contributed by atoms with Gasteiger partial charge in [0.1, 0.15) is 6.61 Å². The zero-order valence-electron chi connectivity index (χ0n) is 22.4. The maximum absolute atomic E-state index is 11.9. The first kappa shape index (κ1) is 31.9. The van der Waals surface area contributed by atoms with E-state index in [0.717, 1.165) is 25.7 Å². The molecule has 0 spiro atoms. The Labute approximate surface area is 206 Å². The molecule has 0 heterocycles. The first-order chi connectivity index (χ1) is 16.2. The Balaban J connectivity index is 3.27. The molecule has 0 saturated heterocycles. The maximum atomic E-state index is 11.9. The second-order valence-electron chi connectivity index (χ2n) is 9.79. The minimum Gasteiger partial charge on any atom is -0.464 e.